The molecule has 1 aliphatic heterocycles. The lowest BCUT2D eigenvalue weighted by molar-refractivity contribution is -0.345. The van der Waals surface area contributed by atoms with Gasteiger partial charge >= 0.3 is 0 Å². The maximum atomic E-state index is 12.5. The summed E-state index contributed by atoms with van der Waals surface area (Å²) in [5.74, 6) is 0.109. The van der Waals surface area contributed by atoms with Gasteiger partial charge in [-0.3, -0.25) is 4.79 Å². The molecule has 0 atom stereocenters. The molecule has 1 saturated heterocycles. The number of carbonyl (C=O) groups is 1. The van der Waals surface area contributed by atoms with Crippen molar-refractivity contribution in [3.8, 4) is 0 Å². The van der Waals surface area contributed by atoms with Crippen LogP contribution in [0.5, 0.6) is 0 Å². The molecular weight excluding hydrogens is 274 g/mol. The third-order valence-corrected chi connectivity index (χ3v) is 4.81. The lowest BCUT2D eigenvalue weighted by atomic mass is 10.2. The summed E-state index contributed by atoms with van der Waals surface area (Å²) in [6.45, 7) is 2.62. The van der Waals surface area contributed by atoms with Gasteiger partial charge in [-0.1, -0.05) is 0 Å². The largest absolute Gasteiger partial charge is 0.378 e. The number of nitrogens with one attached hydrogen (secondary N) is 2. The fourth-order valence-electron chi connectivity index (χ4n) is 2.58. The highest BCUT2D eigenvalue weighted by Gasteiger charge is 2.21. The Bertz CT molecular complexity index is 786. The summed E-state index contributed by atoms with van der Waals surface area (Å²) < 4.78 is 6.44. The quantitative estimate of drug-likeness (QED) is 0.740. The lowest BCUT2D eigenvalue weighted by Gasteiger charge is -2.26. The topological polar surface area (TPSA) is 59.5 Å². The first-order valence-corrected chi connectivity index (χ1v) is 7.43. The molecule has 1 fully saturated rings. The number of fused-ring (bicyclic) bond motifs is 3. The molecule has 0 aliphatic carbocycles. The first kappa shape index (κ1) is 11.9. The van der Waals surface area contributed by atoms with Crippen molar-refractivity contribution < 1.29 is 14.5 Å². The maximum absolute atomic E-state index is 12.5. The highest BCUT2D eigenvalue weighted by Crippen LogP contribution is 2.30. The number of carbonyl (C=O) groups excluding carboxylic acids is 1. The number of nitrogens with zero attached hydrogens (tertiary/aromatic N) is 1. The average molecular weight is 288 g/mol. The van der Waals surface area contributed by atoms with E-state index >= 15 is 0 Å². The summed E-state index contributed by atoms with van der Waals surface area (Å²) >= 11 is 1.56. The van der Waals surface area contributed by atoms with Crippen molar-refractivity contribution in [1.29, 1.82) is 0 Å². The summed E-state index contributed by atoms with van der Waals surface area (Å²) in [6.07, 6.45) is 3.85. The molecule has 5 nitrogen and oxygen atoms in total. The summed E-state index contributed by atoms with van der Waals surface area (Å²) in [5.41, 5.74) is 0.990. The molecule has 4 heterocycles. The molecule has 6 heteroatoms. The number of pyridine rings is 1. The van der Waals surface area contributed by atoms with E-state index in [4.69, 9.17) is 4.74 Å². The second-order valence-electron chi connectivity index (χ2n) is 4.85. The molecule has 0 bridgehead atoms. The third kappa shape index (κ3) is 1.80. The predicted molar refractivity (Wildman–Crippen MR) is 77.0 cm³/mol. The monoisotopic (exact) mass is 288 g/mol. The second kappa shape index (κ2) is 4.57. The van der Waals surface area contributed by atoms with Crippen LogP contribution in [0, 0.1) is 0 Å². The van der Waals surface area contributed by atoms with E-state index in [1.807, 2.05) is 29.4 Å². The molecule has 0 unspecified atom stereocenters. The Hall–Kier alpha value is -1.92. The molecule has 4 rings (SSSR count). The van der Waals surface area contributed by atoms with Gasteiger partial charge in [-0.25, -0.2) is 9.97 Å². The van der Waals surface area contributed by atoms with E-state index in [1.165, 1.54) is 0 Å². The fourth-order valence-corrected chi connectivity index (χ4v) is 3.72. The van der Waals surface area contributed by atoms with Crippen LogP contribution < -0.4 is 4.98 Å². The SMILES string of the molecule is O=C(c1cc2c[nH+]c3[nH]ccc3c2s1)N1CCOCC1. The number of aromatic amines is 2. The third-order valence-electron chi connectivity index (χ3n) is 3.63. The average Bonchev–Trinajstić information content (AvgIpc) is 3.12. The van der Waals surface area contributed by atoms with Gasteiger partial charge in [0.15, 0.2) is 0 Å². The van der Waals surface area contributed by atoms with Gasteiger partial charge in [-0.2, -0.15) is 0 Å². The number of hydrogen-bond donors (Lipinski definition) is 1. The summed E-state index contributed by atoms with van der Waals surface area (Å²) in [4.78, 5) is 21.5. The zero-order valence-corrected chi connectivity index (χ0v) is 11.6. The first-order chi connectivity index (χ1) is 9.83. The minimum atomic E-state index is 0.109. The van der Waals surface area contributed by atoms with Gasteiger partial charge in [0, 0.05) is 18.5 Å². The fraction of sp³-hybridized carbons (Fsp3) is 0.286. The Morgan fingerprint density at radius 3 is 3.10 bits per heavy atom. The van der Waals surface area contributed by atoms with Gasteiger partial charge in [0.25, 0.3) is 11.6 Å². The van der Waals surface area contributed by atoms with Gasteiger partial charge in [-0.05, 0) is 12.1 Å². The molecule has 20 heavy (non-hydrogen) atoms. The van der Waals surface area contributed by atoms with Crippen molar-refractivity contribution in [2.75, 3.05) is 26.3 Å². The number of morpholine rings is 1. The zero-order valence-electron chi connectivity index (χ0n) is 10.8. The molecule has 0 spiro atoms. The van der Waals surface area contributed by atoms with Crippen molar-refractivity contribution in [1.82, 2.24) is 9.88 Å². The van der Waals surface area contributed by atoms with E-state index in [9.17, 15) is 4.79 Å². The van der Waals surface area contributed by atoms with Gasteiger partial charge in [0.1, 0.15) is 0 Å². The van der Waals surface area contributed by atoms with E-state index in [0.29, 0.717) is 26.3 Å². The maximum Gasteiger partial charge on any atom is 0.285 e. The molecule has 2 N–H and O–H groups in total. The van der Waals surface area contributed by atoms with E-state index in [0.717, 1.165) is 26.0 Å². The molecule has 1 amide bonds. The highest BCUT2D eigenvalue weighted by molar-refractivity contribution is 7.21. The van der Waals surface area contributed by atoms with Crippen LogP contribution in [0.15, 0.2) is 24.5 Å². The summed E-state index contributed by atoms with van der Waals surface area (Å²) in [7, 11) is 0. The van der Waals surface area contributed by atoms with Crippen molar-refractivity contribution in [2.24, 2.45) is 0 Å². The molecule has 102 valence electrons. The smallest absolute Gasteiger partial charge is 0.285 e. The van der Waals surface area contributed by atoms with Gasteiger partial charge in [0.2, 0.25) is 0 Å². The number of thiophene rings is 1. The molecule has 0 aromatic carbocycles. The molecule has 0 radical (unpaired) electrons. The van der Waals surface area contributed by atoms with Gasteiger partial charge in [-0.15, -0.1) is 11.3 Å². The Morgan fingerprint density at radius 2 is 2.25 bits per heavy atom. The molecule has 3 aromatic rings. The number of rotatable bonds is 1. The van der Waals surface area contributed by atoms with Crippen molar-refractivity contribution in [3.05, 3.63) is 29.4 Å². The van der Waals surface area contributed by atoms with Crippen molar-refractivity contribution in [3.63, 3.8) is 0 Å². The van der Waals surface area contributed by atoms with Crippen LogP contribution in [0.1, 0.15) is 9.67 Å². The molecular formula is C14H14N3O2S+. The second-order valence-corrected chi connectivity index (χ2v) is 5.91. The Morgan fingerprint density at radius 1 is 1.40 bits per heavy atom. The Balaban J connectivity index is 1.78. The van der Waals surface area contributed by atoms with Crippen LogP contribution in [-0.4, -0.2) is 42.1 Å². The van der Waals surface area contributed by atoms with Crippen molar-refractivity contribution in [2.45, 2.75) is 0 Å². The van der Waals surface area contributed by atoms with E-state index in [1.54, 1.807) is 11.3 Å². The van der Waals surface area contributed by atoms with E-state index in [-0.39, 0.29) is 5.91 Å². The Kier molecular flexibility index (Phi) is 2.71. The lowest BCUT2D eigenvalue weighted by Crippen LogP contribution is -2.40. The van der Waals surface area contributed by atoms with Gasteiger partial charge < -0.3 is 9.64 Å². The van der Waals surface area contributed by atoms with Crippen molar-refractivity contribution >= 4 is 38.4 Å². The standard InChI is InChI=1S/C14H13N3O2S/c18-14(17-3-5-19-6-4-17)11-7-9-8-16-13-10(1-2-15-13)12(9)20-11/h1-2,7-8H,3-6H2,(H,15,16)/p+1. The van der Waals surface area contributed by atoms with Gasteiger partial charge in [0.05, 0.1) is 40.6 Å². The zero-order chi connectivity index (χ0) is 13.5. The predicted octanol–water partition coefficient (Wildman–Crippen LogP) is 1.67. The summed E-state index contributed by atoms with van der Waals surface area (Å²) in [6, 6.07) is 4.01. The van der Waals surface area contributed by atoms with Crippen LogP contribution in [0.3, 0.4) is 0 Å². The summed E-state index contributed by atoms with van der Waals surface area (Å²) in [5, 5.41) is 2.22. The number of amides is 1. The minimum Gasteiger partial charge on any atom is -0.378 e. The highest BCUT2D eigenvalue weighted by atomic mass is 32.1. The number of ether oxygens (including phenoxy) is 1. The van der Waals surface area contributed by atoms with Crippen LogP contribution >= 0.6 is 11.3 Å². The number of hydrogen-bond acceptors (Lipinski definition) is 3. The van der Waals surface area contributed by atoms with Crippen LogP contribution in [0.2, 0.25) is 0 Å². The Labute approximate surface area is 119 Å². The van der Waals surface area contributed by atoms with E-state index in [2.05, 4.69) is 9.97 Å². The molecule has 3 aromatic heterocycles. The van der Waals surface area contributed by atoms with Crippen LogP contribution in [-0.2, 0) is 4.74 Å². The van der Waals surface area contributed by atoms with E-state index < -0.39 is 0 Å². The number of H-pyrrole nitrogens is 2. The molecule has 0 saturated carbocycles. The molecule has 1 aliphatic rings. The van der Waals surface area contributed by atoms with Crippen LogP contribution in [0.4, 0.5) is 0 Å². The minimum absolute atomic E-state index is 0.109. The number of aromatic nitrogens is 2. The normalized spacial score (nSPS) is 16.1. The van der Waals surface area contributed by atoms with Crippen LogP contribution in [0.25, 0.3) is 21.1 Å². The first-order valence-electron chi connectivity index (χ1n) is 6.61.